The average molecular weight is 337 g/mol. The second kappa shape index (κ2) is 6.82. The minimum absolute atomic E-state index is 0.0509. The van der Waals surface area contributed by atoms with Crippen molar-refractivity contribution in [3.8, 4) is 0 Å². The number of hydrogen-bond donors (Lipinski definition) is 2. The van der Waals surface area contributed by atoms with E-state index < -0.39 is 5.60 Å². The molecule has 1 aromatic heterocycles. The van der Waals surface area contributed by atoms with Gasteiger partial charge in [-0.1, -0.05) is 0 Å². The number of amides is 1. The van der Waals surface area contributed by atoms with Crippen LogP contribution < -0.4 is 5.32 Å². The van der Waals surface area contributed by atoms with Gasteiger partial charge in [0.25, 0.3) is 5.91 Å². The van der Waals surface area contributed by atoms with Gasteiger partial charge in [0.15, 0.2) is 0 Å². The monoisotopic (exact) mass is 337 g/mol. The largest absolute Gasteiger partial charge is 0.388 e. The maximum atomic E-state index is 12.8. The molecular weight excluding hydrogens is 310 g/mol. The Kier molecular flexibility index (Phi) is 4.94. The molecule has 1 aliphatic carbocycles. The second-order valence-electron chi connectivity index (χ2n) is 6.98. The van der Waals surface area contributed by atoms with Crippen LogP contribution in [0.5, 0.6) is 0 Å². The van der Waals surface area contributed by atoms with Crippen LogP contribution in [-0.2, 0) is 22.4 Å². The maximum absolute atomic E-state index is 12.8. The molecule has 0 aromatic carbocycles. The molecule has 2 atom stereocenters. The van der Waals surface area contributed by atoms with E-state index in [0.717, 1.165) is 30.5 Å². The fourth-order valence-corrected chi connectivity index (χ4v) is 3.48. The first-order chi connectivity index (χ1) is 11.4. The third-order valence-electron chi connectivity index (χ3n) is 4.98. The third-order valence-corrected chi connectivity index (χ3v) is 4.98. The van der Waals surface area contributed by atoms with Crippen molar-refractivity contribution in [3.05, 3.63) is 17.0 Å². The molecule has 134 valence electrons. The number of hydrogen-bond acceptors (Lipinski definition) is 5. The van der Waals surface area contributed by atoms with Gasteiger partial charge in [-0.05, 0) is 33.1 Å². The predicted octanol–water partition coefficient (Wildman–Crippen LogP) is 1.20. The van der Waals surface area contributed by atoms with E-state index in [1.165, 1.54) is 0 Å². The second-order valence-corrected chi connectivity index (χ2v) is 6.98. The Labute approximate surface area is 142 Å². The van der Waals surface area contributed by atoms with Gasteiger partial charge in [0, 0.05) is 25.6 Å². The number of nitrogens with one attached hydrogen (secondary N) is 1. The number of carbonyl (C=O) groups is 1. The number of carbonyl (C=O) groups excluding carboxylic acids is 1. The lowest BCUT2D eigenvalue weighted by Crippen LogP contribution is -2.48. The number of methoxy groups -OCH3 is 1. The molecule has 2 N–H and O–H groups in total. The molecule has 2 heterocycles. The summed E-state index contributed by atoms with van der Waals surface area (Å²) < 4.78 is 12.7. The summed E-state index contributed by atoms with van der Waals surface area (Å²) in [5.74, 6) is -0.179. The fraction of sp³-hybridized carbons (Fsp3) is 0.765. The van der Waals surface area contributed by atoms with Crippen LogP contribution in [0.4, 0.5) is 0 Å². The van der Waals surface area contributed by atoms with Gasteiger partial charge in [-0.25, -0.2) is 0 Å². The topological polar surface area (TPSA) is 85.6 Å². The molecule has 24 heavy (non-hydrogen) atoms. The molecule has 7 heteroatoms. The summed E-state index contributed by atoms with van der Waals surface area (Å²) in [5, 5.41) is 17.7. The van der Waals surface area contributed by atoms with E-state index >= 15 is 0 Å². The zero-order chi connectivity index (χ0) is 17.3. The molecule has 7 nitrogen and oxygen atoms in total. The molecular formula is C17H27N3O4. The summed E-state index contributed by atoms with van der Waals surface area (Å²) in [5.41, 5.74) is 1.62. The Bertz CT molecular complexity index is 609. The Morgan fingerprint density at radius 3 is 2.88 bits per heavy atom. The van der Waals surface area contributed by atoms with Crippen LogP contribution in [0.15, 0.2) is 0 Å². The van der Waals surface area contributed by atoms with Gasteiger partial charge in [-0.3, -0.25) is 9.48 Å². The summed E-state index contributed by atoms with van der Waals surface area (Å²) in [6.45, 7) is 5.25. The van der Waals surface area contributed by atoms with E-state index in [9.17, 15) is 9.90 Å². The van der Waals surface area contributed by atoms with Crippen molar-refractivity contribution in [1.29, 1.82) is 0 Å². The highest BCUT2D eigenvalue weighted by atomic mass is 16.5. The quantitative estimate of drug-likeness (QED) is 0.815. The van der Waals surface area contributed by atoms with Crippen LogP contribution in [0.3, 0.4) is 0 Å². The van der Waals surface area contributed by atoms with Crippen molar-refractivity contribution in [2.24, 2.45) is 0 Å². The average Bonchev–Trinajstić information content (AvgIpc) is 2.87. The van der Waals surface area contributed by atoms with Gasteiger partial charge >= 0.3 is 0 Å². The predicted molar refractivity (Wildman–Crippen MR) is 87.9 cm³/mol. The Hall–Kier alpha value is -1.44. The van der Waals surface area contributed by atoms with E-state index in [2.05, 4.69) is 10.4 Å². The van der Waals surface area contributed by atoms with Crippen molar-refractivity contribution in [2.45, 2.75) is 63.9 Å². The SMILES string of the molecule is COCCn1nc2c(c1C(=O)NCC1(O)CCC1)C[C@H](C)O[C@@H]2C. The van der Waals surface area contributed by atoms with Crippen LogP contribution >= 0.6 is 0 Å². The van der Waals surface area contributed by atoms with Gasteiger partial charge in [0.2, 0.25) is 0 Å². The van der Waals surface area contributed by atoms with Gasteiger partial charge < -0.3 is 19.9 Å². The van der Waals surface area contributed by atoms with E-state index in [-0.39, 0.29) is 24.7 Å². The smallest absolute Gasteiger partial charge is 0.269 e. The molecule has 0 bridgehead atoms. The highest BCUT2D eigenvalue weighted by Gasteiger charge is 2.36. The molecule has 1 saturated carbocycles. The fourth-order valence-electron chi connectivity index (χ4n) is 3.48. The first kappa shape index (κ1) is 17.4. The Morgan fingerprint density at radius 1 is 1.50 bits per heavy atom. The zero-order valence-electron chi connectivity index (χ0n) is 14.7. The maximum Gasteiger partial charge on any atom is 0.269 e. The van der Waals surface area contributed by atoms with Crippen LogP contribution in [-0.4, -0.2) is 52.8 Å². The number of fused-ring (bicyclic) bond motifs is 1. The van der Waals surface area contributed by atoms with Gasteiger partial charge in [-0.15, -0.1) is 0 Å². The number of aromatic nitrogens is 2. The van der Waals surface area contributed by atoms with Crippen molar-refractivity contribution in [3.63, 3.8) is 0 Å². The van der Waals surface area contributed by atoms with Gasteiger partial charge in [-0.2, -0.15) is 5.10 Å². The molecule has 1 aliphatic heterocycles. The third kappa shape index (κ3) is 3.34. The van der Waals surface area contributed by atoms with E-state index in [1.807, 2.05) is 13.8 Å². The van der Waals surface area contributed by atoms with Crippen molar-refractivity contribution in [2.75, 3.05) is 20.3 Å². The summed E-state index contributed by atoms with van der Waals surface area (Å²) in [6, 6.07) is 0. The van der Waals surface area contributed by atoms with Crippen LogP contribution in [0, 0.1) is 0 Å². The minimum Gasteiger partial charge on any atom is -0.388 e. The summed E-state index contributed by atoms with van der Waals surface area (Å²) in [4.78, 5) is 12.8. The molecule has 0 spiro atoms. The number of nitrogens with zero attached hydrogens (tertiary/aromatic N) is 2. The van der Waals surface area contributed by atoms with Crippen molar-refractivity contribution >= 4 is 5.91 Å². The van der Waals surface area contributed by atoms with Crippen LogP contribution in [0.2, 0.25) is 0 Å². The molecule has 2 aliphatic rings. The Morgan fingerprint density at radius 2 is 2.25 bits per heavy atom. The molecule has 0 radical (unpaired) electrons. The summed E-state index contributed by atoms with van der Waals surface area (Å²) in [7, 11) is 1.63. The molecule has 1 fully saturated rings. The van der Waals surface area contributed by atoms with Crippen LogP contribution in [0.1, 0.15) is 61.0 Å². The summed E-state index contributed by atoms with van der Waals surface area (Å²) in [6.07, 6.45) is 3.09. The highest BCUT2D eigenvalue weighted by Crippen LogP contribution is 2.33. The van der Waals surface area contributed by atoms with Gasteiger partial charge in [0.05, 0.1) is 36.7 Å². The lowest BCUT2D eigenvalue weighted by molar-refractivity contribution is -0.0301. The molecule has 3 rings (SSSR count). The number of ether oxygens (including phenoxy) is 2. The minimum atomic E-state index is -0.739. The first-order valence-electron chi connectivity index (χ1n) is 8.68. The molecule has 1 amide bonds. The van der Waals surface area contributed by atoms with Crippen molar-refractivity contribution < 1.29 is 19.4 Å². The molecule has 0 unspecified atom stereocenters. The highest BCUT2D eigenvalue weighted by molar-refractivity contribution is 5.94. The standard InChI is InChI=1S/C17H27N3O4/c1-11-9-13-14(12(2)24-11)19-20(7-8-23-3)15(13)16(21)18-10-17(22)5-4-6-17/h11-12,22H,4-10H2,1-3H3,(H,18,21)/t11-,12+/m0/s1. The van der Waals surface area contributed by atoms with E-state index in [4.69, 9.17) is 9.47 Å². The van der Waals surface area contributed by atoms with Crippen LogP contribution in [0.25, 0.3) is 0 Å². The lowest BCUT2D eigenvalue weighted by Gasteiger charge is -2.36. The lowest BCUT2D eigenvalue weighted by atomic mass is 9.80. The summed E-state index contributed by atoms with van der Waals surface area (Å²) >= 11 is 0. The molecule has 0 saturated heterocycles. The van der Waals surface area contributed by atoms with E-state index in [1.54, 1.807) is 11.8 Å². The first-order valence-corrected chi connectivity index (χ1v) is 8.68. The normalized spacial score (nSPS) is 25.0. The Balaban J connectivity index is 1.84. The van der Waals surface area contributed by atoms with Gasteiger partial charge in [0.1, 0.15) is 5.69 Å². The van der Waals surface area contributed by atoms with Crippen molar-refractivity contribution in [1.82, 2.24) is 15.1 Å². The molecule has 1 aromatic rings. The zero-order valence-corrected chi connectivity index (χ0v) is 14.7. The van der Waals surface area contributed by atoms with E-state index in [0.29, 0.717) is 25.3 Å². The number of aliphatic hydroxyl groups is 1. The number of rotatable bonds is 6.